The Labute approximate surface area is 128 Å². The number of rotatable bonds is 9. The van der Waals surface area contributed by atoms with E-state index in [0.717, 1.165) is 56.6 Å². The van der Waals surface area contributed by atoms with E-state index in [2.05, 4.69) is 28.6 Å². The van der Waals surface area contributed by atoms with Gasteiger partial charge in [-0.2, -0.15) is 0 Å². The monoisotopic (exact) mass is 295 g/mol. The second-order valence-electron chi connectivity index (χ2n) is 5.11. The minimum atomic E-state index is 0.718. The first kappa shape index (κ1) is 17.6. The van der Waals surface area contributed by atoms with E-state index in [4.69, 9.17) is 9.15 Å². The molecular formula is C16H29N3O2. The van der Waals surface area contributed by atoms with Crippen LogP contribution in [0.1, 0.15) is 43.3 Å². The molecule has 0 saturated carbocycles. The maximum absolute atomic E-state index is 5.52. The van der Waals surface area contributed by atoms with Crippen molar-refractivity contribution in [2.45, 2.75) is 46.6 Å². The van der Waals surface area contributed by atoms with Gasteiger partial charge in [0.1, 0.15) is 11.5 Å². The quantitative estimate of drug-likeness (QED) is 0.418. The zero-order chi connectivity index (χ0) is 15.5. The van der Waals surface area contributed by atoms with E-state index in [9.17, 15) is 0 Å². The van der Waals surface area contributed by atoms with Gasteiger partial charge in [0.25, 0.3) is 0 Å². The van der Waals surface area contributed by atoms with Gasteiger partial charge in [-0.05, 0) is 32.8 Å². The Hall–Kier alpha value is -1.49. The van der Waals surface area contributed by atoms with Crippen molar-refractivity contribution in [3.05, 3.63) is 23.2 Å². The van der Waals surface area contributed by atoms with Gasteiger partial charge in [-0.3, -0.25) is 4.99 Å². The normalized spacial score (nSPS) is 11.7. The standard InChI is InChI=1S/C16H29N3O2/c1-5-6-9-20-10-7-8-18-16(17-4)19-12-15-11-13(2)21-14(15)3/h11H,5-10,12H2,1-4H3,(H2,17,18,19). The number of aryl methyl sites for hydroxylation is 2. The molecule has 1 heterocycles. The average Bonchev–Trinajstić information content (AvgIpc) is 2.79. The van der Waals surface area contributed by atoms with Crippen LogP contribution in [-0.4, -0.2) is 32.8 Å². The molecule has 0 amide bonds. The Morgan fingerprint density at radius 2 is 2.00 bits per heavy atom. The number of hydrogen-bond donors (Lipinski definition) is 2. The summed E-state index contributed by atoms with van der Waals surface area (Å²) in [6.07, 6.45) is 3.30. The highest BCUT2D eigenvalue weighted by Gasteiger charge is 2.05. The molecule has 0 saturated heterocycles. The number of guanidine groups is 1. The minimum absolute atomic E-state index is 0.718. The van der Waals surface area contributed by atoms with Gasteiger partial charge < -0.3 is 19.8 Å². The average molecular weight is 295 g/mol. The van der Waals surface area contributed by atoms with Crippen LogP contribution < -0.4 is 10.6 Å². The van der Waals surface area contributed by atoms with Gasteiger partial charge in [-0.25, -0.2) is 0 Å². The van der Waals surface area contributed by atoms with Crippen molar-refractivity contribution in [2.24, 2.45) is 4.99 Å². The predicted octanol–water partition coefficient (Wildman–Crippen LogP) is 2.77. The molecule has 0 unspecified atom stereocenters. The maximum Gasteiger partial charge on any atom is 0.191 e. The SMILES string of the molecule is CCCCOCCCNC(=NC)NCc1cc(C)oc1C. The van der Waals surface area contributed by atoms with E-state index < -0.39 is 0 Å². The Bertz CT molecular complexity index is 427. The molecule has 1 rings (SSSR count). The molecule has 0 aliphatic rings. The molecule has 0 aromatic carbocycles. The molecule has 21 heavy (non-hydrogen) atoms. The van der Waals surface area contributed by atoms with Crippen LogP contribution in [0.4, 0.5) is 0 Å². The number of furan rings is 1. The van der Waals surface area contributed by atoms with Crippen LogP contribution in [-0.2, 0) is 11.3 Å². The van der Waals surface area contributed by atoms with E-state index >= 15 is 0 Å². The fraction of sp³-hybridized carbons (Fsp3) is 0.688. The first-order valence-corrected chi connectivity index (χ1v) is 7.75. The topological polar surface area (TPSA) is 58.8 Å². The molecule has 0 aliphatic heterocycles. The highest BCUT2D eigenvalue weighted by Crippen LogP contribution is 2.12. The van der Waals surface area contributed by atoms with Crippen molar-refractivity contribution < 1.29 is 9.15 Å². The first-order valence-electron chi connectivity index (χ1n) is 7.75. The largest absolute Gasteiger partial charge is 0.466 e. The van der Waals surface area contributed by atoms with Gasteiger partial charge in [0.15, 0.2) is 5.96 Å². The maximum atomic E-state index is 5.52. The summed E-state index contributed by atoms with van der Waals surface area (Å²) < 4.78 is 11.0. The van der Waals surface area contributed by atoms with Crippen LogP contribution in [0.5, 0.6) is 0 Å². The highest BCUT2D eigenvalue weighted by molar-refractivity contribution is 5.79. The van der Waals surface area contributed by atoms with E-state index in [1.54, 1.807) is 7.05 Å². The molecule has 0 radical (unpaired) electrons. The van der Waals surface area contributed by atoms with E-state index in [-0.39, 0.29) is 0 Å². The predicted molar refractivity (Wildman–Crippen MR) is 86.7 cm³/mol. The van der Waals surface area contributed by atoms with E-state index in [1.807, 2.05) is 13.8 Å². The second kappa shape index (κ2) is 10.3. The second-order valence-corrected chi connectivity index (χ2v) is 5.11. The number of nitrogens with zero attached hydrogens (tertiary/aromatic N) is 1. The first-order chi connectivity index (χ1) is 10.2. The van der Waals surface area contributed by atoms with Crippen molar-refractivity contribution in [2.75, 3.05) is 26.8 Å². The lowest BCUT2D eigenvalue weighted by Crippen LogP contribution is -2.37. The zero-order valence-electron chi connectivity index (χ0n) is 13.8. The third-order valence-electron chi connectivity index (χ3n) is 3.21. The zero-order valence-corrected chi connectivity index (χ0v) is 13.8. The number of aliphatic imine (C=N–C) groups is 1. The van der Waals surface area contributed by atoms with Crippen molar-refractivity contribution in [1.82, 2.24) is 10.6 Å². The molecule has 5 nitrogen and oxygen atoms in total. The Kier molecular flexibility index (Phi) is 8.59. The summed E-state index contributed by atoms with van der Waals surface area (Å²) in [5.74, 6) is 2.71. The fourth-order valence-corrected chi connectivity index (χ4v) is 1.99. The summed E-state index contributed by atoms with van der Waals surface area (Å²) >= 11 is 0. The van der Waals surface area contributed by atoms with Crippen LogP contribution >= 0.6 is 0 Å². The van der Waals surface area contributed by atoms with Crippen molar-refractivity contribution >= 4 is 5.96 Å². The molecule has 1 aromatic rings. The highest BCUT2D eigenvalue weighted by atomic mass is 16.5. The summed E-state index contributed by atoms with van der Waals surface area (Å²) in [6.45, 7) is 9.34. The van der Waals surface area contributed by atoms with Gasteiger partial charge in [-0.15, -0.1) is 0 Å². The lowest BCUT2D eigenvalue weighted by Gasteiger charge is -2.11. The molecule has 0 fully saturated rings. The smallest absolute Gasteiger partial charge is 0.191 e. The minimum Gasteiger partial charge on any atom is -0.466 e. The third-order valence-corrected chi connectivity index (χ3v) is 3.21. The molecule has 0 spiro atoms. The van der Waals surface area contributed by atoms with Gasteiger partial charge in [0.2, 0.25) is 0 Å². The van der Waals surface area contributed by atoms with Crippen molar-refractivity contribution in [1.29, 1.82) is 0 Å². The van der Waals surface area contributed by atoms with Crippen LogP contribution in [0.15, 0.2) is 15.5 Å². The summed E-state index contributed by atoms with van der Waals surface area (Å²) in [7, 11) is 1.78. The lowest BCUT2D eigenvalue weighted by atomic mass is 10.2. The summed E-state index contributed by atoms with van der Waals surface area (Å²) in [6, 6.07) is 2.05. The number of unbranched alkanes of at least 4 members (excludes halogenated alkanes) is 1. The van der Waals surface area contributed by atoms with Gasteiger partial charge in [0, 0.05) is 38.9 Å². The molecule has 0 bridgehead atoms. The molecule has 1 aromatic heterocycles. The van der Waals surface area contributed by atoms with Crippen LogP contribution in [0.2, 0.25) is 0 Å². The molecular weight excluding hydrogens is 266 g/mol. The van der Waals surface area contributed by atoms with E-state index in [0.29, 0.717) is 0 Å². The number of ether oxygens (including phenoxy) is 1. The third kappa shape index (κ3) is 7.18. The molecule has 120 valence electrons. The Morgan fingerprint density at radius 3 is 2.62 bits per heavy atom. The molecule has 0 atom stereocenters. The molecule has 2 N–H and O–H groups in total. The summed E-state index contributed by atoms with van der Waals surface area (Å²) in [4.78, 5) is 4.21. The van der Waals surface area contributed by atoms with Gasteiger partial charge in [0.05, 0.1) is 0 Å². The van der Waals surface area contributed by atoms with Crippen LogP contribution in [0.25, 0.3) is 0 Å². The van der Waals surface area contributed by atoms with Crippen molar-refractivity contribution in [3.63, 3.8) is 0 Å². The number of nitrogens with one attached hydrogen (secondary N) is 2. The summed E-state index contributed by atoms with van der Waals surface area (Å²) in [5.41, 5.74) is 1.17. The number of hydrogen-bond acceptors (Lipinski definition) is 3. The Morgan fingerprint density at radius 1 is 1.24 bits per heavy atom. The lowest BCUT2D eigenvalue weighted by molar-refractivity contribution is 0.129. The van der Waals surface area contributed by atoms with Gasteiger partial charge >= 0.3 is 0 Å². The Balaban J connectivity index is 2.16. The molecule has 5 heteroatoms. The van der Waals surface area contributed by atoms with Crippen LogP contribution in [0, 0.1) is 13.8 Å². The van der Waals surface area contributed by atoms with Crippen LogP contribution in [0.3, 0.4) is 0 Å². The fourth-order valence-electron chi connectivity index (χ4n) is 1.99. The summed E-state index contributed by atoms with van der Waals surface area (Å²) in [5, 5.41) is 6.57. The molecule has 0 aliphatic carbocycles. The van der Waals surface area contributed by atoms with Crippen molar-refractivity contribution in [3.8, 4) is 0 Å². The van der Waals surface area contributed by atoms with Gasteiger partial charge in [-0.1, -0.05) is 13.3 Å². The van der Waals surface area contributed by atoms with E-state index in [1.165, 1.54) is 12.0 Å².